The Balaban J connectivity index is 1.87. The second-order valence-corrected chi connectivity index (χ2v) is 4.59. The van der Waals surface area contributed by atoms with Crippen LogP contribution in [-0.2, 0) is 6.42 Å². The van der Waals surface area contributed by atoms with Crippen molar-refractivity contribution < 1.29 is 5.11 Å². The second-order valence-electron chi connectivity index (χ2n) is 3.55. The standard InChI is InChI=1S/C10H15NOS/c12-10(9-4-1-5-11-9)7-8-3-2-6-13-8/h2-3,6,9-12H,1,4-5,7H2/t9-,10?/m0/s1. The molecule has 0 radical (unpaired) electrons. The molecular weight excluding hydrogens is 182 g/mol. The Morgan fingerprint density at radius 2 is 2.62 bits per heavy atom. The van der Waals surface area contributed by atoms with E-state index in [2.05, 4.69) is 16.8 Å². The number of hydrogen-bond acceptors (Lipinski definition) is 3. The van der Waals surface area contributed by atoms with Crippen molar-refractivity contribution >= 4 is 11.3 Å². The molecule has 72 valence electrons. The first-order valence-electron chi connectivity index (χ1n) is 4.80. The van der Waals surface area contributed by atoms with Crippen LogP contribution in [0.5, 0.6) is 0 Å². The molecule has 2 atom stereocenters. The Morgan fingerprint density at radius 3 is 3.23 bits per heavy atom. The fraction of sp³-hybridized carbons (Fsp3) is 0.600. The van der Waals surface area contributed by atoms with Crippen LogP contribution in [0.2, 0.25) is 0 Å². The highest BCUT2D eigenvalue weighted by Crippen LogP contribution is 2.16. The second kappa shape index (κ2) is 4.22. The molecule has 3 heteroatoms. The van der Waals surface area contributed by atoms with E-state index < -0.39 is 0 Å². The third-order valence-electron chi connectivity index (χ3n) is 2.55. The van der Waals surface area contributed by atoms with Crippen LogP contribution < -0.4 is 5.32 Å². The highest BCUT2D eigenvalue weighted by atomic mass is 32.1. The van der Waals surface area contributed by atoms with Gasteiger partial charge in [-0.1, -0.05) is 6.07 Å². The van der Waals surface area contributed by atoms with Crippen LogP contribution in [0.15, 0.2) is 17.5 Å². The summed E-state index contributed by atoms with van der Waals surface area (Å²) in [7, 11) is 0. The first-order chi connectivity index (χ1) is 6.36. The first-order valence-corrected chi connectivity index (χ1v) is 5.68. The highest BCUT2D eigenvalue weighted by Gasteiger charge is 2.22. The summed E-state index contributed by atoms with van der Waals surface area (Å²) in [6.07, 6.45) is 2.91. The Bertz CT molecular complexity index is 241. The molecule has 2 rings (SSSR count). The van der Waals surface area contributed by atoms with Gasteiger partial charge in [-0.25, -0.2) is 0 Å². The van der Waals surface area contributed by atoms with E-state index in [1.54, 1.807) is 11.3 Å². The Hall–Kier alpha value is -0.380. The zero-order valence-electron chi connectivity index (χ0n) is 7.57. The molecule has 0 spiro atoms. The van der Waals surface area contributed by atoms with E-state index in [4.69, 9.17) is 0 Å². The molecule has 2 N–H and O–H groups in total. The summed E-state index contributed by atoms with van der Waals surface area (Å²) in [4.78, 5) is 1.28. The van der Waals surface area contributed by atoms with Crippen molar-refractivity contribution in [3.63, 3.8) is 0 Å². The molecule has 0 saturated carbocycles. The van der Waals surface area contributed by atoms with Gasteiger partial charge in [-0.3, -0.25) is 0 Å². The predicted molar refractivity (Wildman–Crippen MR) is 55.1 cm³/mol. The maximum atomic E-state index is 9.86. The normalized spacial score (nSPS) is 24.8. The zero-order chi connectivity index (χ0) is 9.10. The van der Waals surface area contributed by atoms with Gasteiger partial charge in [0.2, 0.25) is 0 Å². The highest BCUT2D eigenvalue weighted by molar-refractivity contribution is 7.09. The molecule has 1 aromatic rings. The molecule has 0 bridgehead atoms. The van der Waals surface area contributed by atoms with E-state index >= 15 is 0 Å². The third-order valence-corrected chi connectivity index (χ3v) is 3.45. The molecule has 1 aliphatic heterocycles. The van der Waals surface area contributed by atoms with Crippen molar-refractivity contribution in [2.75, 3.05) is 6.54 Å². The number of rotatable bonds is 3. The van der Waals surface area contributed by atoms with Gasteiger partial charge in [0.05, 0.1) is 6.10 Å². The van der Waals surface area contributed by atoms with E-state index in [1.165, 1.54) is 11.3 Å². The van der Waals surface area contributed by atoms with Gasteiger partial charge in [0, 0.05) is 17.3 Å². The summed E-state index contributed by atoms with van der Waals surface area (Å²) < 4.78 is 0. The van der Waals surface area contributed by atoms with Crippen LogP contribution in [0, 0.1) is 0 Å². The molecule has 0 amide bonds. The minimum absolute atomic E-state index is 0.207. The Kier molecular flexibility index (Phi) is 2.98. The van der Waals surface area contributed by atoms with Gasteiger partial charge in [-0.2, -0.15) is 0 Å². The molecule has 1 fully saturated rings. The van der Waals surface area contributed by atoms with Crippen molar-refractivity contribution in [1.82, 2.24) is 5.32 Å². The SMILES string of the molecule is OC(Cc1cccs1)[C@@H]1CCCN1. The Morgan fingerprint density at radius 1 is 1.69 bits per heavy atom. The molecule has 0 aromatic carbocycles. The molecule has 13 heavy (non-hydrogen) atoms. The zero-order valence-corrected chi connectivity index (χ0v) is 8.39. The van der Waals surface area contributed by atoms with E-state index in [0.717, 1.165) is 19.4 Å². The Labute approximate surface area is 82.6 Å². The minimum Gasteiger partial charge on any atom is -0.391 e. The molecule has 2 nitrogen and oxygen atoms in total. The first kappa shape index (κ1) is 9.19. The molecule has 0 aliphatic carbocycles. The molecule has 1 aromatic heterocycles. The topological polar surface area (TPSA) is 32.3 Å². The minimum atomic E-state index is -0.207. The lowest BCUT2D eigenvalue weighted by Gasteiger charge is -2.17. The average Bonchev–Trinajstić information content (AvgIpc) is 2.74. The summed E-state index contributed by atoms with van der Waals surface area (Å²) >= 11 is 1.72. The van der Waals surface area contributed by atoms with Crippen molar-refractivity contribution in [2.24, 2.45) is 0 Å². The largest absolute Gasteiger partial charge is 0.391 e. The molecular formula is C10H15NOS. The van der Waals surface area contributed by atoms with Gasteiger partial charge in [0.1, 0.15) is 0 Å². The van der Waals surface area contributed by atoms with Crippen LogP contribution >= 0.6 is 11.3 Å². The maximum absolute atomic E-state index is 9.86. The van der Waals surface area contributed by atoms with E-state index in [0.29, 0.717) is 6.04 Å². The van der Waals surface area contributed by atoms with Crippen LogP contribution in [-0.4, -0.2) is 23.8 Å². The van der Waals surface area contributed by atoms with Crippen molar-refractivity contribution in [2.45, 2.75) is 31.4 Å². The van der Waals surface area contributed by atoms with Crippen LogP contribution in [0.25, 0.3) is 0 Å². The fourth-order valence-electron chi connectivity index (χ4n) is 1.82. The van der Waals surface area contributed by atoms with Crippen LogP contribution in [0.1, 0.15) is 17.7 Å². The summed E-state index contributed by atoms with van der Waals surface area (Å²) in [5.74, 6) is 0. The molecule has 1 saturated heterocycles. The number of hydrogen-bond donors (Lipinski definition) is 2. The van der Waals surface area contributed by atoms with Crippen molar-refractivity contribution in [3.05, 3.63) is 22.4 Å². The van der Waals surface area contributed by atoms with Gasteiger partial charge in [-0.15, -0.1) is 11.3 Å². The molecule has 1 aliphatic rings. The summed E-state index contributed by atoms with van der Waals surface area (Å²) in [5, 5.41) is 15.2. The number of aliphatic hydroxyl groups is 1. The summed E-state index contributed by atoms with van der Waals surface area (Å²) in [5.41, 5.74) is 0. The monoisotopic (exact) mass is 197 g/mol. The average molecular weight is 197 g/mol. The lowest BCUT2D eigenvalue weighted by molar-refractivity contribution is 0.137. The smallest absolute Gasteiger partial charge is 0.0741 e. The van der Waals surface area contributed by atoms with Crippen molar-refractivity contribution in [3.8, 4) is 0 Å². The summed E-state index contributed by atoms with van der Waals surface area (Å²) in [6, 6.07) is 4.44. The van der Waals surface area contributed by atoms with E-state index in [9.17, 15) is 5.11 Å². The number of nitrogens with one attached hydrogen (secondary N) is 1. The van der Waals surface area contributed by atoms with Gasteiger partial charge in [0.25, 0.3) is 0 Å². The van der Waals surface area contributed by atoms with Gasteiger partial charge in [-0.05, 0) is 30.8 Å². The van der Waals surface area contributed by atoms with Gasteiger partial charge >= 0.3 is 0 Å². The predicted octanol–water partition coefficient (Wildman–Crippen LogP) is 1.40. The molecule has 1 unspecified atom stereocenters. The van der Waals surface area contributed by atoms with E-state index in [1.807, 2.05) is 6.07 Å². The third kappa shape index (κ3) is 2.30. The number of aliphatic hydroxyl groups excluding tert-OH is 1. The van der Waals surface area contributed by atoms with Crippen LogP contribution in [0.3, 0.4) is 0 Å². The van der Waals surface area contributed by atoms with Gasteiger partial charge < -0.3 is 10.4 Å². The van der Waals surface area contributed by atoms with Crippen molar-refractivity contribution in [1.29, 1.82) is 0 Å². The quantitative estimate of drug-likeness (QED) is 0.768. The van der Waals surface area contributed by atoms with Gasteiger partial charge in [0.15, 0.2) is 0 Å². The van der Waals surface area contributed by atoms with Crippen LogP contribution in [0.4, 0.5) is 0 Å². The lowest BCUT2D eigenvalue weighted by atomic mass is 10.1. The number of thiophene rings is 1. The lowest BCUT2D eigenvalue weighted by Crippen LogP contribution is -2.35. The summed E-state index contributed by atoms with van der Waals surface area (Å²) in [6.45, 7) is 1.06. The maximum Gasteiger partial charge on any atom is 0.0741 e. The van der Waals surface area contributed by atoms with E-state index in [-0.39, 0.29) is 6.10 Å². The fourth-order valence-corrected chi connectivity index (χ4v) is 2.57. The molecule has 2 heterocycles.